The molecule has 0 fully saturated rings. The van der Waals surface area contributed by atoms with Crippen LogP contribution in [0, 0.1) is 0 Å². The summed E-state index contributed by atoms with van der Waals surface area (Å²) >= 11 is 11.0. The maximum Gasteiger partial charge on any atom is 0.0673 e. The lowest BCUT2D eigenvalue weighted by Crippen LogP contribution is -1.82. The molecule has 0 radical (unpaired) electrons. The molecule has 0 bridgehead atoms. The Morgan fingerprint density at radius 1 is 1.83 bits per heavy atom. The normalized spacial score (nSPS) is 14.5. The van der Waals surface area contributed by atoms with Crippen molar-refractivity contribution in [3.63, 3.8) is 0 Å². The van der Waals surface area contributed by atoms with E-state index in [2.05, 4.69) is 38.5 Å². The summed E-state index contributed by atoms with van der Waals surface area (Å²) in [6.45, 7) is 0. The Hall–Kier alpha value is 1.50. The summed E-state index contributed by atoms with van der Waals surface area (Å²) in [5.41, 5.74) is 0. The van der Waals surface area contributed by atoms with Gasteiger partial charge in [0.15, 0.2) is 0 Å². The second kappa shape index (κ2) is 4.65. The van der Waals surface area contributed by atoms with Gasteiger partial charge in [0.2, 0.25) is 0 Å². The molecule has 1 atom stereocenters. The minimum atomic E-state index is 0.549. The molecule has 38 valence electrons. The van der Waals surface area contributed by atoms with Crippen LogP contribution in [0.4, 0.5) is 0 Å². The summed E-state index contributed by atoms with van der Waals surface area (Å²) in [6, 6.07) is 0. The molecule has 0 heterocycles. The Morgan fingerprint density at radius 3 is 2.33 bits per heavy atom. The maximum absolute atomic E-state index is 5.36. The van der Waals surface area contributed by atoms with Crippen LogP contribution in [0.5, 0.6) is 0 Å². The zero-order valence-electron chi connectivity index (χ0n) is 3.13. The van der Waals surface area contributed by atoms with Gasteiger partial charge >= 0.3 is 0 Å². The molecule has 0 aliphatic heterocycles. The molecule has 0 rings (SSSR count). The summed E-state index contributed by atoms with van der Waals surface area (Å²) < 4.78 is 0.549. The van der Waals surface area contributed by atoms with E-state index in [4.69, 9.17) is 11.6 Å². The summed E-state index contributed by atoms with van der Waals surface area (Å²) in [6.07, 6.45) is 1.04. The second-order valence-electron chi connectivity index (χ2n) is 0.869. The zero-order chi connectivity index (χ0) is 4.99. The number of hydrogen-bond donors (Lipinski definition) is 0. The fourth-order valence-electron chi connectivity index (χ4n) is 0.0825. The molecule has 0 saturated heterocycles. The molecule has 3 heteroatoms. The van der Waals surface area contributed by atoms with E-state index in [9.17, 15) is 0 Å². The van der Waals surface area contributed by atoms with Crippen LogP contribution in [0.1, 0.15) is 6.42 Å². The van der Waals surface area contributed by atoms with Crippen LogP contribution in [0.3, 0.4) is 0 Å². The van der Waals surface area contributed by atoms with E-state index >= 15 is 0 Å². The lowest BCUT2D eigenvalue weighted by atomic mass is 10.6. The molecule has 0 aromatic heterocycles. The standard InChI is InChI=1S/C3H5BrClI/c4-3(6)1-2-5/h3H,1-2H2. The largest absolute Gasteiger partial charge is 0.127 e. The first kappa shape index (κ1) is 7.50. The van der Waals surface area contributed by atoms with Crippen LogP contribution in [0.2, 0.25) is 0 Å². The summed E-state index contributed by atoms with van der Waals surface area (Å²) in [5.74, 6) is 0.749. The first-order valence-corrected chi connectivity index (χ1v) is 4.31. The van der Waals surface area contributed by atoms with Gasteiger partial charge in [0.1, 0.15) is 0 Å². The van der Waals surface area contributed by atoms with Crippen LogP contribution in [-0.4, -0.2) is 8.71 Å². The molecule has 0 N–H and O–H groups in total. The Morgan fingerprint density at radius 2 is 2.33 bits per heavy atom. The van der Waals surface area contributed by atoms with Gasteiger partial charge in [0.25, 0.3) is 0 Å². The Bertz CT molecular complexity index is 32.0. The number of halogens is 3. The topological polar surface area (TPSA) is 0 Å². The van der Waals surface area contributed by atoms with Gasteiger partial charge in [-0.3, -0.25) is 0 Å². The van der Waals surface area contributed by atoms with Crippen molar-refractivity contribution >= 4 is 50.1 Å². The Labute approximate surface area is 64.9 Å². The molecule has 0 aromatic carbocycles. The number of alkyl halides is 3. The van der Waals surface area contributed by atoms with Gasteiger partial charge in [0.05, 0.1) is 2.83 Å². The molecule has 0 amide bonds. The van der Waals surface area contributed by atoms with Crippen molar-refractivity contribution < 1.29 is 0 Å². The minimum absolute atomic E-state index is 0.549. The van der Waals surface area contributed by atoms with Crippen LogP contribution in [0.25, 0.3) is 0 Å². The van der Waals surface area contributed by atoms with Crippen LogP contribution >= 0.6 is 50.1 Å². The van der Waals surface area contributed by atoms with E-state index < -0.39 is 0 Å². The summed E-state index contributed by atoms with van der Waals surface area (Å²) in [5, 5.41) is 0. The molecule has 0 spiro atoms. The average molecular weight is 283 g/mol. The monoisotopic (exact) mass is 282 g/mol. The zero-order valence-corrected chi connectivity index (χ0v) is 7.62. The van der Waals surface area contributed by atoms with E-state index in [1.54, 1.807) is 0 Å². The van der Waals surface area contributed by atoms with Gasteiger partial charge in [-0.25, -0.2) is 0 Å². The van der Waals surface area contributed by atoms with E-state index in [-0.39, 0.29) is 0 Å². The first-order chi connectivity index (χ1) is 2.77. The highest BCUT2D eigenvalue weighted by Crippen LogP contribution is 2.12. The third-order valence-electron chi connectivity index (χ3n) is 0.327. The van der Waals surface area contributed by atoms with Crippen molar-refractivity contribution in [2.45, 2.75) is 9.25 Å². The van der Waals surface area contributed by atoms with Crippen LogP contribution < -0.4 is 0 Å². The van der Waals surface area contributed by atoms with Crippen molar-refractivity contribution in [1.82, 2.24) is 0 Å². The third kappa shape index (κ3) is 5.50. The summed E-state index contributed by atoms with van der Waals surface area (Å²) in [4.78, 5) is 0. The van der Waals surface area contributed by atoms with E-state index in [1.807, 2.05) is 0 Å². The van der Waals surface area contributed by atoms with Crippen molar-refractivity contribution in [1.29, 1.82) is 0 Å². The Balaban J connectivity index is 2.63. The van der Waals surface area contributed by atoms with E-state index in [1.165, 1.54) is 0 Å². The predicted molar refractivity (Wildman–Crippen MR) is 42.1 cm³/mol. The SMILES string of the molecule is ClCCC(Br)I. The molecule has 0 nitrogen and oxygen atoms in total. The molecule has 1 unspecified atom stereocenters. The van der Waals surface area contributed by atoms with Gasteiger partial charge in [-0.15, -0.1) is 11.6 Å². The molecule has 0 aliphatic rings. The average Bonchev–Trinajstić information content (AvgIpc) is 1.35. The van der Waals surface area contributed by atoms with E-state index in [0.717, 1.165) is 12.3 Å². The molecule has 0 aliphatic carbocycles. The minimum Gasteiger partial charge on any atom is -0.127 e. The lowest BCUT2D eigenvalue weighted by Gasteiger charge is -1.90. The molecule has 0 aromatic rings. The van der Waals surface area contributed by atoms with Crippen LogP contribution in [-0.2, 0) is 0 Å². The highest BCUT2D eigenvalue weighted by molar-refractivity contribution is 14.1. The molecule has 0 saturated carbocycles. The quantitative estimate of drug-likeness (QED) is 0.540. The molecular formula is C3H5BrClI. The van der Waals surface area contributed by atoms with Gasteiger partial charge < -0.3 is 0 Å². The number of hydrogen-bond acceptors (Lipinski definition) is 0. The fraction of sp³-hybridized carbons (Fsp3) is 1.00. The predicted octanol–water partition coefficient (Wildman–Crippen LogP) is 2.77. The van der Waals surface area contributed by atoms with Crippen molar-refractivity contribution in [3.8, 4) is 0 Å². The molecule has 6 heavy (non-hydrogen) atoms. The lowest BCUT2D eigenvalue weighted by molar-refractivity contribution is 1.10. The third-order valence-corrected chi connectivity index (χ3v) is 1.63. The van der Waals surface area contributed by atoms with E-state index in [0.29, 0.717) is 2.83 Å². The smallest absolute Gasteiger partial charge is 0.0673 e. The van der Waals surface area contributed by atoms with Crippen molar-refractivity contribution in [2.24, 2.45) is 0 Å². The maximum atomic E-state index is 5.36. The van der Waals surface area contributed by atoms with Gasteiger partial charge in [0, 0.05) is 5.88 Å². The van der Waals surface area contributed by atoms with Gasteiger partial charge in [-0.1, -0.05) is 38.5 Å². The highest BCUT2D eigenvalue weighted by Gasteiger charge is 1.91. The van der Waals surface area contributed by atoms with Gasteiger partial charge in [-0.2, -0.15) is 0 Å². The molecular weight excluding hydrogens is 278 g/mol. The summed E-state index contributed by atoms with van der Waals surface area (Å²) in [7, 11) is 0. The first-order valence-electron chi connectivity index (χ1n) is 1.61. The highest BCUT2D eigenvalue weighted by atomic mass is 127. The van der Waals surface area contributed by atoms with Gasteiger partial charge in [-0.05, 0) is 6.42 Å². The van der Waals surface area contributed by atoms with Crippen molar-refractivity contribution in [2.75, 3.05) is 5.88 Å². The second-order valence-corrected chi connectivity index (χ2v) is 5.57. The van der Waals surface area contributed by atoms with Crippen LogP contribution in [0.15, 0.2) is 0 Å². The van der Waals surface area contributed by atoms with Crippen molar-refractivity contribution in [3.05, 3.63) is 0 Å². The fourth-order valence-corrected chi connectivity index (χ4v) is 1.47. The Kier molecular flexibility index (Phi) is 5.82. The number of rotatable bonds is 2.